The molecule has 3 N–H and O–H groups in total. The van der Waals surface area contributed by atoms with Crippen LogP contribution in [0.25, 0.3) is 0 Å². The van der Waals surface area contributed by atoms with E-state index in [2.05, 4.69) is 16.3 Å². The zero-order valence-electron chi connectivity index (χ0n) is 12.4. The second-order valence-corrected chi connectivity index (χ2v) is 5.79. The van der Waals surface area contributed by atoms with Gasteiger partial charge in [-0.25, -0.2) is 0 Å². The number of nitrogens with two attached hydrogens (primary N) is 1. The first-order valence-corrected chi connectivity index (χ1v) is 7.48. The molecule has 0 aromatic heterocycles. The fourth-order valence-electron chi connectivity index (χ4n) is 2.72. The van der Waals surface area contributed by atoms with Crippen LogP contribution in [0.4, 0.5) is 11.4 Å². The number of nitrogens with zero attached hydrogens (tertiary/aromatic N) is 1. The van der Waals surface area contributed by atoms with Gasteiger partial charge in [-0.2, -0.15) is 0 Å². The van der Waals surface area contributed by atoms with Crippen LogP contribution in [0.5, 0.6) is 0 Å². The molecule has 0 radical (unpaired) electrons. The van der Waals surface area contributed by atoms with Crippen molar-refractivity contribution in [2.45, 2.75) is 26.7 Å². The first-order valence-electron chi connectivity index (χ1n) is 7.48. The Balaban J connectivity index is 2.14. The summed E-state index contributed by atoms with van der Waals surface area (Å²) in [6, 6.07) is 8.03. The van der Waals surface area contributed by atoms with Crippen LogP contribution in [0.1, 0.15) is 26.7 Å². The van der Waals surface area contributed by atoms with E-state index < -0.39 is 0 Å². The van der Waals surface area contributed by atoms with E-state index >= 15 is 0 Å². The summed E-state index contributed by atoms with van der Waals surface area (Å²) in [6.45, 7) is 6.58. The van der Waals surface area contributed by atoms with Gasteiger partial charge in [-0.1, -0.05) is 26.0 Å². The van der Waals surface area contributed by atoms with Gasteiger partial charge in [0, 0.05) is 19.6 Å². The van der Waals surface area contributed by atoms with Crippen molar-refractivity contribution in [3.05, 3.63) is 24.3 Å². The molecule has 1 saturated heterocycles. The van der Waals surface area contributed by atoms with E-state index in [0.29, 0.717) is 6.54 Å². The maximum absolute atomic E-state index is 12.3. The van der Waals surface area contributed by atoms with Gasteiger partial charge in [-0.15, -0.1) is 0 Å². The Morgan fingerprint density at radius 1 is 1.30 bits per heavy atom. The van der Waals surface area contributed by atoms with Crippen LogP contribution in [0, 0.1) is 11.8 Å². The maximum atomic E-state index is 12.3. The van der Waals surface area contributed by atoms with Gasteiger partial charge >= 0.3 is 0 Å². The van der Waals surface area contributed by atoms with Crippen LogP contribution >= 0.6 is 0 Å². The molecular formula is C16H25N3O. The van der Waals surface area contributed by atoms with Gasteiger partial charge in [0.2, 0.25) is 5.91 Å². The highest BCUT2D eigenvalue weighted by atomic mass is 16.1. The number of hydrogen-bond donors (Lipinski definition) is 2. The third-order valence-electron chi connectivity index (χ3n) is 4.00. The molecule has 1 aromatic carbocycles. The average Bonchev–Trinajstić information content (AvgIpc) is 2.93. The topological polar surface area (TPSA) is 58.4 Å². The van der Waals surface area contributed by atoms with E-state index in [9.17, 15) is 4.79 Å². The number of anilines is 2. The number of carbonyl (C=O) groups excluding carboxylic acids is 1. The van der Waals surface area contributed by atoms with E-state index in [1.807, 2.05) is 32.0 Å². The summed E-state index contributed by atoms with van der Waals surface area (Å²) in [5.74, 6) is 0.134. The van der Waals surface area contributed by atoms with Crippen molar-refractivity contribution in [2.24, 2.45) is 17.6 Å². The molecule has 1 aliphatic heterocycles. The van der Waals surface area contributed by atoms with Gasteiger partial charge < -0.3 is 16.0 Å². The van der Waals surface area contributed by atoms with Gasteiger partial charge in [0.15, 0.2) is 0 Å². The summed E-state index contributed by atoms with van der Waals surface area (Å²) in [6.07, 6.45) is 2.44. The Hall–Kier alpha value is -1.55. The minimum Gasteiger partial charge on any atom is -0.370 e. The van der Waals surface area contributed by atoms with Crippen molar-refractivity contribution < 1.29 is 4.79 Å². The Morgan fingerprint density at radius 3 is 2.55 bits per heavy atom. The van der Waals surface area contributed by atoms with Gasteiger partial charge in [-0.3, -0.25) is 4.79 Å². The molecule has 1 aromatic rings. The smallest absolute Gasteiger partial charge is 0.229 e. The van der Waals surface area contributed by atoms with E-state index in [-0.39, 0.29) is 17.7 Å². The number of nitrogens with one attached hydrogen (secondary N) is 1. The van der Waals surface area contributed by atoms with Crippen LogP contribution in [0.15, 0.2) is 24.3 Å². The lowest BCUT2D eigenvalue weighted by molar-refractivity contribution is -0.120. The SMILES string of the molecule is CC(C)C(CN)C(=O)Nc1ccccc1N1CCCC1. The zero-order valence-corrected chi connectivity index (χ0v) is 12.4. The molecular weight excluding hydrogens is 250 g/mol. The molecule has 1 unspecified atom stereocenters. The highest BCUT2D eigenvalue weighted by molar-refractivity contribution is 5.96. The molecule has 1 atom stereocenters. The van der Waals surface area contributed by atoms with Gasteiger partial charge in [-0.05, 0) is 30.9 Å². The van der Waals surface area contributed by atoms with Crippen molar-refractivity contribution in [3.8, 4) is 0 Å². The van der Waals surface area contributed by atoms with E-state index in [1.54, 1.807) is 0 Å². The normalized spacial score (nSPS) is 16.5. The van der Waals surface area contributed by atoms with E-state index in [1.165, 1.54) is 12.8 Å². The largest absolute Gasteiger partial charge is 0.370 e. The summed E-state index contributed by atoms with van der Waals surface area (Å²) in [5.41, 5.74) is 7.74. The second kappa shape index (κ2) is 6.75. The summed E-state index contributed by atoms with van der Waals surface area (Å²) < 4.78 is 0. The predicted molar refractivity (Wildman–Crippen MR) is 83.9 cm³/mol. The molecule has 0 spiro atoms. The molecule has 4 nitrogen and oxygen atoms in total. The lowest BCUT2D eigenvalue weighted by Gasteiger charge is -2.23. The summed E-state index contributed by atoms with van der Waals surface area (Å²) in [4.78, 5) is 14.7. The fourth-order valence-corrected chi connectivity index (χ4v) is 2.72. The van der Waals surface area contributed by atoms with Crippen molar-refractivity contribution in [2.75, 3.05) is 29.9 Å². The number of carbonyl (C=O) groups is 1. The van der Waals surface area contributed by atoms with Gasteiger partial charge in [0.1, 0.15) is 0 Å². The lowest BCUT2D eigenvalue weighted by atomic mass is 9.95. The van der Waals surface area contributed by atoms with E-state index in [0.717, 1.165) is 24.5 Å². The number of amides is 1. The van der Waals surface area contributed by atoms with Crippen LogP contribution < -0.4 is 16.0 Å². The minimum atomic E-state index is -0.137. The van der Waals surface area contributed by atoms with E-state index in [4.69, 9.17) is 5.73 Å². The quantitative estimate of drug-likeness (QED) is 0.868. The molecule has 1 aliphatic rings. The standard InChI is InChI=1S/C16H25N3O/c1-12(2)13(11-17)16(20)18-14-7-3-4-8-15(14)19-9-5-6-10-19/h3-4,7-8,12-13H,5-6,9-11,17H2,1-2H3,(H,18,20). The molecule has 0 bridgehead atoms. The number of rotatable bonds is 5. The molecule has 110 valence electrons. The summed E-state index contributed by atoms with van der Waals surface area (Å²) in [5, 5.41) is 3.06. The minimum absolute atomic E-state index is 0.0224. The molecule has 0 aliphatic carbocycles. The predicted octanol–water partition coefficient (Wildman–Crippen LogP) is 2.46. The first-order chi connectivity index (χ1) is 9.63. The molecule has 2 rings (SSSR count). The summed E-state index contributed by atoms with van der Waals surface area (Å²) >= 11 is 0. The van der Waals surface area contributed by atoms with Crippen LogP contribution in [0.3, 0.4) is 0 Å². The lowest BCUT2D eigenvalue weighted by Crippen LogP contribution is -2.33. The average molecular weight is 275 g/mol. The van der Waals surface area contributed by atoms with Gasteiger partial charge in [0.25, 0.3) is 0 Å². The van der Waals surface area contributed by atoms with Crippen molar-refractivity contribution in [1.29, 1.82) is 0 Å². The van der Waals surface area contributed by atoms with Crippen molar-refractivity contribution >= 4 is 17.3 Å². The first kappa shape index (κ1) is 14.9. The molecule has 4 heteroatoms. The Morgan fingerprint density at radius 2 is 1.95 bits per heavy atom. The highest BCUT2D eigenvalue weighted by Gasteiger charge is 2.22. The monoisotopic (exact) mass is 275 g/mol. The van der Waals surface area contributed by atoms with Crippen LogP contribution in [-0.2, 0) is 4.79 Å². The van der Waals surface area contributed by atoms with Crippen LogP contribution in [0.2, 0.25) is 0 Å². The maximum Gasteiger partial charge on any atom is 0.229 e. The third kappa shape index (κ3) is 3.31. The molecule has 1 fully saturated rings. The van der Waals surface area contributed by atoms with Gasteiger partial charge in [0.05, 0.1) is 17.3 Å². The number of hydrogen-bond acceptors (Lipinski definition) is 3. The Kier molecular flexibility index (Phi) is 5.01. The Bertz CT molecular complexity index is 453. The number of para-hydroxylation sites is 2. The van der Waals surface area contributed by atoms with Crippen molar-refractivity contribution in [1.82, 2.24) is 0 Å². The fraction of sp³-hybridized carbons (Fsp3) is 0.562. The zero-order chi connectivity index (χ0) is 14.5. The second-order valence-electron chi connectivity index (χ2n) is 5.79. The third-order valence-corrected chi connectivity index (χ3v) is 4.00. The molecule has 1 heterocycles. The number of benzene rings is 1. The molecule has 1 amide bonds. The van der Waals surface area contributed by atoms with Crippen LogP contribution in [-0.4, -0.2) is 25.5 Å². The highest BCUT2D eigenvalue weighted by Crippen LogP contribution is 2.29. The summed E-state index contributed by atoms with van der Waals surface area (Å²) in [7, 11) is 0. The molecule has 0 saturated carbocycles. The molecule has 20 heavy (non-hydrogen) atoms. The Labute approximate surface area is 121 Å². The van der Waals surface area contributed by atoms with Crippen molar-refractivity contribution in [3.63, 3.8) is 0 Å².